The summed E-state index contributed by atoms with van der Waals surface area (Å²) in [6.45, 7) is 0. The van der Waals surface area contributed by atoms with Crippen LogP contribution in [0.1, 0.15) is 0 Å². The number of para-hydroxylation sites is 3. The zero-order chi connectivity index (χ0) is 44.3. The van der Waals surface area contributed by atoms with Gasteiger partial charge in [-0.2, -0.15) is 0 Å². The number of fused-ring (bicyclic) bond motifs is 6. The standard InChI is InChI=1S/C64H43NOSi/c1-2-15-44(16-3-1)46-33-36-49(37-34-46)55-21-8-12-27-62(55)67(54-20-14-19-53(43-54)65-58-24-9-6-22-56(58)57-23-7-10-25-59(57)65)63-28-13-11-26-60(63)66-61-42-52(39-40-64(61)67)48-31-29-47(30-32-48)51-38-35-45-17-4-5-18-50(45)41-51/h1-43H. The minimum atomic E-state index is -3.20. The molecule has 12 aromatic rings. The topological polar surface area (TPSA) is 14.2 Å². The average molecular weight is 870 g/mol. The van der Waals surface area contributed by atoms with Crippen LogP contribution in [0.25, 0.3) is 82.8 Å². The molecule has 67 heavy (non-hydrogen) atoms. The molecule has 0 amide bonds. The van der Waals surface area contributed by atoms with Gasteiger partial charge in [0.05, 0.1) is 11.0 Å². The van der Waals surface area contributed by atoms with E-state index >= 15 is 0 Å². The van der Waals surface area contributed by atoms with Crippen LogP contribution < -0.4 is 25.5 Å². The molecule has 0 aliphatic carbocycles. The van der Waals surface area contributed by atoms with Crippen molar-refractivity contribution in [1.82, 2.24) is 4.57 Å². The first-order valence-electron chi connectivity index (χ1n) is 23.1. The van der Waals surface area contributed by atoms with Gasteiger partial charge in [-0.3, -0.25) is 0 Å². The van der Waals surface area contributed by atoms with E-state index in [0.717, 1.165) is 28.3 Å². The molecule has 13 rings (SSSR count). The Hall–Kier alpha value is -8.50. The minimum absolute atomic E-state index is 0.901. The summed E-state index contributed by atoms with van der Waals surface area (Å²) >= 11 is 0. The van der Waals surface area contributed by atoms with Gasteiger partial charge in [0.2, 0.25) is 0 Å². The van der Waals surface area contributed by atoms with Crippen LogP contribution in [0.5, 0.6) is 11.5 Å². The van der Waals surface area contributed by atoms with Crippen LogP contribution in [0, 0.1) is 0 Å². The van der Waals surface area contributed by atoms with Gasteiger partial charge in [0.15, 0.2) is 8.07 Å². The Labute approximate surface area is 391 Å². The molecule has 1 unspecified atom stereocenters. The van der Waals surface area contributed by atoms with Crippen molar-refractivity contribution in [3.8, 4) is 61.7 Å². The lowest BCUT2D eigenvalue weighted by Gasteiger charge is -2.41. The van der Waals surface area contributed by atoms with E-state index in [1.54, 1.807) is 0 Å². The third-order valence-electron chi connectivity index (χ3n) is 13.9. The molecule has 0 fully saturated rings. The SMILES string of the molecule is c1ccc(-c2ccc(-c3ccccc3[Si]3(c4cccc(-n5c6ccccc6c6ccccc65)c4)c4ccccc4Oc4cc(-c5ccc(-c6ccc7ccccc7c6)cc5)ccc43)cc2)cc1. The van der Waals surface area contributed by atoms with Gasteiger partial charge >= 0.3 is 0 Å². The highest BCUT2D eigenvalue weighted by atomic mass is 28.3. The fourth-order valence-corrected chi connectivity index (χ4v) is 16.0. The molecule has 3 heteroatoms. The summed E-state index contributed by atoms with van der Waals surface area (Å²) in [4.78, 5) is 0. The van der Waals surface area contributed by atoms with Gasteiger partial charge in [-0.1, -0.05) is 218 Å². The lowest BCUT2D eigenvalue weighted by molar-refractivity contribution is 0.487. The number of hydrogen-bond donors (Lipinski definition) is 0. The van der Waals surface area contributed by atoms with Crippen LogP contribution in [0.4, 0.5) is 0 Å². The van der Waals surface area contributed by atoms with E-state index < -0.39 is 8.07 Å². The Kier molecular flexibility index (Phi) is 9.22. The van der Waals surface area contributed by atoms with Crippen molar-refractivity contribution in [3.05, 3.63) is 261 Å². The Morgan fingerprint density at radius 1 is 0.299 bits per heavy atom. The molecular formula is C64H43NOSi. The first kappa shape index (κ1) is 38.9. The van der Waals surface area contributed by atoms with Crippen LogP contribution in [0.15, 0.2) is 261 Å². The zero-order valence-corrected chi connectivity index (χ0v) is 37.7. The molecule has 2 heterocycles. The van der Waals surface area contributed by atoms with Crippen molar-refractivity contribution in [2.75, 3.05) is 0 Å². The van der Waals surface area contributed by atoms with E-state index in [9.17, 15) is 0 Å². The molecule has 0 bridgehead atoms. The zero-order valence-electron chi connectivity index (χ0n) is 36.7. The number of nitrogens with zero attached hydrogens (tertiary/aromatic N) is 1. The Bertz CT molecular complexity index is 3780. The van der Waals surface area contributed by atoms with Crippen LogP contribution in [-0.2, 0) is 0 Å². The van der Waals surface area contributed by atoms with Crippen LogP contribution in [0.2, 0.25) is 0 Å². The molecule has 11 aromatic carbocycles. The van der Waals surface area contributed by atoms with Crippen molar-refractivity contribution in [3.63, 3.8) is 0 Å². The number of hydrogen-bond acceptors (Lipinski definition) is 1. The predicted molar refractivity (Wildman–Crippen MR) is 284 cm³/mol. The van der Waals surface area contributed by atoms with E-state index in [1.807, 2.05) is 0 Å². The van der Waals surface area contributed by atoms with Crippen molar-refractivity contribution in [2.45, 2.75) is 0 Å². The molecule has 1 atom stereocenters. The highest BCUT2D eigenvalue weighted by Gasteiger charge is 2.49. The highest BCUT2D eigenvalue weighted by molar-refractivity contribution is 7.21. The second kappa shape index (κ2) is 15.9. The largest absolute Gasteiger partial charge is 0.458 e. The summed E-state index contributed by atoms with van der Waals surface area (Å²) in [5.74, 6) is 1.81. The molecule has 1 aromatic heterocycles. The average Bonchev–Trinajstić information content (AvgIpc) is 3.75. The third kappa shape index (κ3) is 6.39. The van der Waals surface area contributed by atoms with Gasteiger partial charge in [0, 0.05) is 16.5 Å². The maximum Gasteiger partial charge on any atom is 0.188 e. The van der Waals surface area contributed by atoms with Gasteiger partial charge < -0.3 is 9.30 Å². The molecule has 0 saturated carbocycles. The smallest absolute Gasteiger partial charge is 0.188 e. The molecule has 1 aliphatic heterocycles. The normalized spacial score (nSPS) is 14.1. The van der Waals surface area contributed by atoms with Gasteiger partial charge in [0.1, 0.15) is 11.5 Å². The lowest BCUT2D eigenvalue weighted by atomic mass is 9.98. The fraction of sp³-hybridized carbons (Fsp3) is 0. The lowest BCUT2D eigenvalue weighted by Crippen LogP contribution is -2.76. The van der Waals surface area contributed by atoms with E-state index in [4.69, 9.17) is 4.74 Å². The summed E-state index contributed by atoms with van der Waals surface area (Å²) in [5, 5.41) is 10.1. The number of ether oxygens (including phenoxy) is 1. The summed E-state index contributed by atoms with van der Waals surface area (Å²) in [7, 11) is -3.20. The fourth-order valence-electron chi connectivity index (χ4n) is 10.8. The molecule has 0 N–H and O–H groups in total. The third-order valence-corrected chi connectivity index (χ3v) is 18.8. The minimum Gasteiger partial charge on any atom is -0.458 e. The van der Waals surface area contributed by atoms with Gasteiger partial charge in [-0.05, 0) is 118 Å². The van der Waals surface area contributed by atoms with Crippen molar-refractivity contribution < 1.29 is 4.74 Å². The van der Waals surface area contributed by atoms with Crippen LogP contribution in [0.3, 0.4) is 0 Å². The Morgan fingerprint density at radius 3 is 1.57 bits per heavy atom. The number of aromatic nitrogens is 1. The molecule has 0 spiro atoms. The monoisotopic (exact) mass is 869 g/mol. The van der Waals surface area contributed by atoms with Crippen molar-refractivity contribution in [1.29, 1.82) is 0 Å². The molecule has 2 nitrogen and oxygen atoms in total. The summed E-state index contributed by atoms with van der Waals surface area (Å²) in [6.07, 6.45) is 0. The maximum atomic E-state index is 7.13. The number of benzene rings is 11. The van der Waals surface area contributed by atoms with Crippen LogP contribution >= 0.6 is 0 Å². The second-order valence-electron chi connectivity index (χ2n) is 17.6. The van der Waals surface area contributed by atoms with E-state index in [0.29, 0.717) is 0 Å². The maximum absolute atomic E-state index is 7.13. The first-order chi connectivity index (χ1) is 33.2. The Balaban J connectivity index is 1.03. The molecule has 1 aliphatic rings. The van der Waals surface area contributed by atoms with Gasteiger partial charge in [0.25, 0.3) is 0 Å². The summed E-state index contributed by atoms with van der Waals surface area (Å²) in [6, 6.07) is 95.9. The van der Waals surface area contributed by atoms with Gasteiger partial charge in [-0.25, -0.2) is 0 Å². The molecule has 0 saturated heterocycles. The molecular weight excluding hydrogens is 827 g/mol. The Morgan fingerprint density at radius 2 is 0.821 bits per heavy atom. The first-order valence-corrected chi connectivity index (χ1v) is 25.1. The second-order valence-corrected chi connectivity index (χ2v) is 21.3. The molecule has 314 valence electrons. The van der Waals surface area contributed by atoms with Crippen molar-refractivity contribution >= 4 is 61.4 Å². The van der Waals surface area contributed by atoms with Crippen LogP contribution in [-0.4, -0.2) is 12.6 Å². The van der Waals surface area contributed by atoms with E-state index in [2.05, 4.69) is 265 Å². The summed E-state index contributed by atoms with van der Waals surface area (Å²) in [5.41, 5.74) is 13.0. The summed E-state index contributed by atoms with van der Waals surface area (Å²) < 4.78 is 9.58. The highest BCUT2D eigenvalue weighted by Crippen LogP contribution is 2.37. The van der Waals surface area contributed by atoms with E-state index in [1.165, 1.54) is 86.7 Å². The quantitative estimate of drug-likeness (QED) is 0.146. The van der Waals surface area contributed by atoms with Crippen molar-refractivity contribution in [2.24, 2.45) is 0 Å². The predicted octanol–water partition coefficient (Wildman–Crippen LogP) is 14.1. The van der Waals surface area contributed by atoms with Gasteiger partial charge in [-0.15, -0.1) is 0 Å². The molecule has 0 radical (unpaired) electrons. The number of rotatable bonds is 7. The van der Waals surface area contributed by atoms with E-state index in [-0.39, 0.29) is 0 Å².